The second-order valence-corrected chi connectivity index (χ2v) is 5.52. The number of carboxylic acid groups (broad SMARTS) is 1. The quantitative estimate of drug-likeness (QED) is 0.753. The van der Waals surface area contributed by atoms with E-state index in [1.807, 2.05) is 6.92 Å². The number of carbonyl (C=O) groups excluding carboxylic acids is 2. The summed E-state index contributed by atoms with van der Waals surface area (Å²) in [5.41, 5.74) is -0.830. The fraction of sp³-hybridized carbons (Fsp3) is 0.769. The highest BCUT2D eigenvalue weighted by Crippen LogP contribution is 2.34. The Labute approximate surface area is 117 Å². The van der Waals surface area contributed by atoms with Crippen molar-refractivity contribution < 1.29 is 19.5 Å². The van der Waals surface area contributed by atoms with E-state index in [1.165, 1.54) is 4.90 Å². The van der Waals surface area contributed by atoms with E-state index in [0.717, 1.165) is 6.42 Å². The summed E-state index contributed by atoms with van der Waals surface area (Å²) in [6, 6.07) is -0.223. The van der Waals surface area contributed by atoms with Crippen molar-refractivity contribution in [1.82, 2.24) is 15.1 Å². The van der Waals surface area contributed by atoms with Crippen LogP contribution in [0.15, 0.2) is 0 Å². The lowest BCUT2D eigenvalue weighted by Crippen LogP contribution is -2.46. The maximum absolute atomic E-state index is 12.4. The Morgan fingerprint density at radius 3 is 2.70 bits per heavy atom. The summed E-state index contributed by atoms with van der Waals surface area (Å²) in [4.78, 5) is 38.4. The minimum absolute atomic E-state index is 0.0571. The molecule has 0 bridgehead atoms. The molecule has 2 saturated heterocycles. The number of carbonyl (C=O) groups is 3. The molecule has 0 saturated carbocycles. The molecule has 7 nitrogen and oxygen atoms in total. The molecule has 2 heterocycles. The maximum atomic E-state index is 12.4. The average molecular weight is 283 g/mol. The number of rotatable bonds is 2. The van der Waals surface area contributed by atoms with Gasteiger partial charge in [-0.3, -0.25) is 9.59 Å². The van der Waals surface area contributed by atoms with Crippen molar-refractivity contribution in [3.63, 3.8) is 0 Å². The Kier molecular flexibility index (Phi) is 4.15. The van der Waals surface area contributed by atoms with E-state index in [1.54, 1.807) is 4.90 Å². The summed E-state index contributed by atoms with van der Waals surface area (Å²) in [6.45, 7) is 3.67. The second kappa shape index (κ2) is 5.68. The van der Waals surface area contributed by atoms with Crippen LogP contribution < -0.4 is 5.32 Å². The predicted octanol–water partition coefficient (Wildman–Crippen LogP) is 0.115. The predicted molar refractivity (Wildman–Crippen MR) is 71.1 cm³/mol. The third-order valence-corrected chi connectivity index (χ3v) is 4.29. The molecule has 1 atom stereocenters. The first kappa shape index (κ1) is 14.6. The van der Waals surface area contributed by atoms with Crippen molar-refractivity contribution in [1.29, 1.82) is 0 Å². The van der Waals surface area contributed by atoms with Crippen molar-refractivity contribution in [2.24, 2.45) is 5.41 Å². The van der Waals surface area contributed by atoms with Gasteiger partial charge in [-0.25, -0.2) is 4.79 Å². The molecule has 2 rings (SSSR count). The molecule has 7 heteroatoms. The van der Waals surface area contributed by atoms with Gasteiger partial charge in [0, 0.05) is 26.2 Å². The molecule has 2 fully saturated rings. The smallest absolute Gasteiger partial charge is 0.320 e. The third-order valence-electron chi connectivity index (χ3n) is 4.29. The molecule has 0 aromatic carbocycles. The van der Waals surface area contributed by atoms with Gasteiger partial charge in [0.25, 0.3) is 0 Å². The van der Waals surface area contributed by atoms with Crippen LogP contribution in [0.25, 0.3) is 0 Å². The minimum Gasteiger partial charge on any atom is -0.481 e. The molecular weight excluding hydrogens is 262 g/mol. The largest absolute Gasteiger partial charge is 0.481 e. The van der Waals surface area contributed by atoms with E-state index in [-0.39, 0.29) is 25.0 Å². The number of urea groups is 1. The Morgan fingerprint density at radius 2 is 2.10 bits per heavy atom. The number of likely N-dealkylation sites (tertiary alicyclic amines) is 1. The molecule has 20 heavy (non-hydrogen) atoms. The molecule has 2 aliphatic heterocycles. The van der Waals surface area contributed by atoms with Crippen LogP contribution in [-0.4, -0.2) is 65.5 Å². The average Bonchev–Trinajstić information content (AvgIpc) is 2.76. The molecule has 1 unspecified atom stereocenters. The fourth-order valence-corrected chi connectivity index (χ4v) is 2.82. The summed E-state index contributed by atoms with van der Waals surface area (Å²) in [5, 5.41) is 12.1. The number of amides is 3. The molecule has 0 aliphatic carbocycles. The van der Waals surface area contributed by atoms with Gasteiger partial charge in [0.1, 0.15) is 6.54 Å². The van der Waals surface area contributed by atoms with Crippen LogP contribution in [0.4, 0.5) is 4.79 Å². The number of nitrogens with one attached hydrogen (secondary N) is 1. The number of carboxylic acids is 1. The minimum atomic E-state index is -0.844. The first-order valence-electron chi connectivity index (χ1n) is 7.02. The van der Waals surface area contributed by atoms with Crippen LogP contribution >= 0.6 is 0 Å². The topological polar surface area (TPSA) is 89.9 Å². The molecule has 2 N–H and O–H groups in total. The molecule has 2 aliphatic rings. The van der Waals surface area contributed by atoms with E-state index in [9.17, 15) is 19.5 Å². The fourth-order valence-electron chi connectivity index (χ4n) is 2.82. The van der Waals surface area contributed by atoms with E-state index in [2.05, 4.69) is 5.32 Å². The monoisotopic (exact) mass is 283 g/mol. The standard InChI is InChI=1S/C13H21N3O4/c1-2-13(11(18)19)4-7-16(9-13)12(20)15-6-3-5-14-10(17)8-15/h2-9H2,1H3,(H,14,17)(H,18,19). The Morgan fingerprint density at radius 1 is 1.35 bits per heavy atom. The molecule has 112 valence electrons. The van der Waals surface area contributed by atoms with Crippen molar-refractivity contribution in [3.8, 4) is 0 Å². The zero-order valence-corrected chi connectivity index (χ0v) is 11.7. The number of hydrogen-bond acceptors (Lipinski definition) is 3. The maximum Gasteiger partial charge on any atom is 0.320 e. The number of nitrogens with zero attached hydrogens (tertiary/aromatic N) is 2. The van der Waals surface area contributed by atoms with Crippen molar-refractivity contribution >= 4 is 17.9 Å². The van der Waals surface area contributed by atoms with Gasteiger partial charge in [0.05, 0.1) is 5.41 Å². The normalized spacial score (nSPS) is 27.1. The third kappa shape index (κ3) is 2.71. The molecule has 0 aromatic heterocycles. The lowest BCUT2D eigenvalue weighted by molar-refractivity contribution is -0.148. The van der Waals surface area contributed by atoms with Crippen molar-refractivity contribution in [2.75, 3.05) is 32.7 Å². The van der Waals surface area contributed by atoms with Crippen LogP contribution in [0.1, 0.15) is 26.2 Å². The highest BCUT2D eigenvalue weighted by Gasteiger charge is 2.45. The summed E-state index contributed by atoms with van der Waals surface area (Å²) < 4.78 is 0. The van der Waals surface area contributed by atoms with Gasteiger partial charge >= 0.3 is 12.0 Å². The van der Waals surface area contributed by atoms with Gasteiger partial charge in [-0.05, 0) is 19.3 Å². The molecule has 0 spiro atoms. The second-order valence-electron chi connectivity index (χ2n) is 5.52. The van der Waals surface area contributed by atoms with E-state index in [0.29, 0.717) is 32.5 Å². The van der Waals surface area contributed by atoms with E-state index < -0.39 is 11.4 Å². The lowest BCUT2D eigenvalue weighted by atomic mass is 9.84. The van der Waals surface area contributed by atoms with E-state index >= 15 is 0 Å². The summed E-state index contributed by atoms with van der Waals surface area (Å²) in [7, 11) is 0. The SMILES string of the molecule is CCC1(C(=O)O)CCN(C(=O)N2CCCNC(=O)C2)C1. The first-order valence-corrected chi connectivity index (χ1v) is 7.02. The molecule has 3 amide bonds. The Balaban J connectivity index is 2.03. The van der Waals surface area contributed by atoms with Gasteiger partial charge in [-0.1, -0.05) is 6.92 Å². The Bertz CT molecular complexity index is 426. The Hall–Kier alpha value is -1.79. The summed E-state index contributed by atoms with van der Waals surface area (Å²) >= 11 is 0. The van der Waals surface area contributed by atoms with Crippen molar-refractivity contribution in [2.45, 2.75) is 26.2 Å². The van der Waals surface area contributed by atoms with Crippen LogP contribution in [0.3, 0.4) is 0 Å². The lowest BCUT2D eigenvalue weighted by Gasteiger charge is -2.27. The van der Waals surface area contributed by atoms with Crippen LogP contribution in [0, 0.1) is 5.41 Å². The van der Waals surface area contributed by atoms with Gasteiger partial charge < -0.3 is 20.2 Å². The highest BCUT2D eigenvalue weighted by atomic mass is 16.4. The van der Waals surface area contributed by atoms with Gasteiger partial charge in [-0.2, -0.15) is 0 Å². The zero-order chi connectivity index (χ0) is 14.8. The molecular formula is C13H21N3O4. The van der Waals surface area contributed by atoms with Gasteiger partial charge in [-0.15, -0.1) is 0 Å². The van der Waals surface area contributed by atoms with Crippen LogP contribution in [-0.2, 0) is 9.59 Å². The van der Waals surface area contributed by atoms with Gasteiger partial charge in [0.2, 0.25) is 5.91 Å². The number of hydrogen-bond donors (Lipinski definition) is 2. The number of aliphatic carboxylic acids is 1. The molecule has 0 aromatic rings. The molecule has 0 radical (unpaired) electrons. The van der Waals surface area contributed by atoms with Gasteiger partial charge in [0.15, 0.2) is 0 Å². The summed E-state index contributed by atoms with van der Waals surface area (Å²) in [5.74, 6) is -1.00. The van der Waals surface area contributed by atoms with Crippen LogP contribution in [0.5, 0.6) is 0 Å². The van der Waals surface area contributed by atoms with Crippen molar-refractivity contribution in [3.05, 3.63) is 0 Å². The van der Waals surface area contributed by atoms with E-state index in [4.69, 9.17) is 0 Å². The van der Waals surface area contributed by atoms with Crippen LogP contribution in [0.2, 0.25) is 0 Å². The summed E-state index contributed by atoms with van der Waals surface area (Å²) in [6.07, 6.45) is 1.71. The zero-order valence-electron chi connectivity index (χ0n) is 11.7. The highest BCUT2D eigenvalue weighted by molar-refractivity contribution is 5.85. The first-order chi connectivity index (χ1) is 9.48.